The standard InChI is InChI=1S/C28H27ClN2O3/c1-18-15-22(29)9-12-24(18)25-6-4-5-21(19(25)2)17-34-23-10-7-20(8-11-23)26(16-27(32)33)28-30-13-14-31(28)3/h4-15,26H,16-17H2,1-3H3,(H,32,33)/t26-/m0/s1. The van der Waals surface area contributed by atoms with Gasteiger partial charge in [0.25, 0.3) is 0 Å². The highest BCUT2D eigenvalue weighted by atomic mass is 35.5. The smallest absolute Gasteiger partial charge is 0.304 e. The molecule has 1 heterocycles. The van der Waals surface area contributed by atoms with E-state index in [0.717, 1.165) is 44.4 Å². The summed E-state index contributed by atoms with van der Waals surface area (Å²) in [5.74, 6) is 0.263. The SMILES string of the molecule is Cc1cc(Cl)ccc1-c1cccc(COc2ccc([C@H](CC(=O)O)c3nccn3C)cc2)c1C. The molecular weight excluding hydrogens is 448 g/mol. The molecule has 3 aromatic carbocycles. The Balaban J connectivity index is 1.51. The number of benzene rings is 3. The number of halogens is 1. The third kappa shape index (κ3) is 5.15. The summed E-state index contributed by atoms with van der Waals surface area (Å²) >= 11 is 6.13. The molecule has 0 spiro atoms. The molecule has 0 saturated carbocycles. The van der Waals surface area contributed by atoms with E-state index in [1.54, 1.807) is 6.20 Å². The second-order valence-electron chi connectivity index (χ2n) is 8.45. The Bertz CT molecular complexity index is 1310. The highest BCUT2D eigenvalue weighted by Gasteiger charge is 2.21. The predicted octanol–water partition coefficient (Wildman–Crippen LogP) is 6.54. The van der Waals surface area contributed by atoms with Crippen molar-refractivity contribution in [2.75, 3.05) is 0 Å². The maximum atomic E-state index is 11.4. The van der Waals surface area contributed by atoms with Gasteiger partial charge in [-0.05, 0) is 71.5 Å². The van der Waals surface area contributed by atoms with E-state index in [2.05, 4.69) is 37.0 Å². The van der Waals surface area contributed by atoms with Crippen molar-refractivity contribution in [3.63, 3.8) is 0 Å². The van der Waals surface area contributed by atoms with Crippen molar-refractivity contribution < 1.29 is 14.6 Å². The summed E-state index contributed by atoms with van der Waals surface area (Å²) in [5.41, 5.74) is 6.62. The molecule has 1 atom stereocenters. The summed E-state index contributed by atoms with van der Waals surface area (Å²) in [6.07, 6.45) is 3.48. The van der Waals surface area contributed by atoms with Gasteiger partial charge in [-0.15, -0.1) is 0 Å². The molecule has 1 N–H and O–H groups in total. The van der Waals surface area contributed by atoms with E-state index < -0.39 is 5.97 Å². The number of hydrogen-bond acceptors (Lipinski definition) is 3. The first-order chi connectivity index (χ1) is 16.3. The monoisotopic (exact) mass is 474 g/mol. The summed E-state index contributed by atoms with van der Waals surface area (Å²) in [7, 11) is 1.87. The number of ether oxygens (including phenoxy) is 1. The number of nitrogens with zero attached hydrogens (tertiary/aromatic N) is 2. The average molecular weight is 475 g/mol. The first-order valence-corrected chi connectivity index (χ1v) is 11.5. The minimum Gasteiger partial charge on any atom is -0.489 e. The van der Waals surface area contributed by atoms with Gasteiger partial charge in [0.1, 0.15) is 18.2 Å². The fraction of sp³-hybridized carbons (Fsp3) is 0.214. The largest absolute Gasteiger partial charge is 0.489 e. The van der Waals surface area contributed by atoms with Crippen LogP contribution in [0.4, 0.5) is 0 Å². The molecule has 1 aromatic heterocycles. The molecule has 0 bridgehead atoms. The molecule has 0 fully saturated rings. The maximum absolute atomic E-state index is 11.4. The summed E-state index contributed by atoms with van der Waals surface area (Å²) in [5, 5.41) is 10.1. The summed E-state index contributed by atoms with van der Waals surface area (Å²) in [4.78, 5) is 15.8. The normalized spacial score (nSPS) is 11.9. The van der Waals surface area contributed by atoms with E-state index in [-0.39, 0.29) is 12.3 Å². The van der Waals surface area contributed by atoms with Gasteiger partial charge in [-0.2, -0.15) is 0 Å². The first-order valence-electron chi connectivity index (χ1n) is 11.1. The zero-order valence-electron chi connectivity index (χ0n) is 19.5. The Labute approximate surface area is 204 Å². The van der Waals surface area contributed by atoms with E-state index >= 15 is 0 Å². The first kappa shape index (κ1) is 23.6. The van der Waals surface area contributed by atoms with E-state index in [0.29, 0.717) is 6.61 Å². The van der Waals surface area contributed by atoms with Crippen LogP contribution >= 0.6 is 11.6 Å². The van der Waals surface area contributed by atoms with Crippen LogP contribution in [0.3, 0.4) is 0 Å². The second-order valence-corrected chi connectivity index (χ2v) is 8.89. The molecule has 0 aliphatic heterocycles. The minimum absolute atomic E-state index is 0.0266. The van der Waals surface area contributed by atoms with Crippen LogP contribution in [0.25, 0.3) is 11.1 Å². The Morgan fingerprint density at radius 1 is 1.09 bits per heavy atom. The number of aryl methyl sites for hydroxylation is 2. The number of hydrogen-bond donors (Lipinski definition) is 1. The number of carbonyl (C=O) groups is 1. The predicted molar refractivity (Wildman–Crippen MR) is 134 cm³/mol. The molecular formula is C28H27ClN2O3. The van der Waals surface area contributed by atoms with Crippen LogP contribution in [0.15, 0.2) is 73.1 Å². The van der Waals surface area contributed by atoms with Gasteiger partial charge < -0.3 is 14.4 Å². The lowest BCUT2D eigenvalue weighted by Gasteiger charge is -2.17. The van der Waals surface area contributed by atoms with Crippen LogP contribution in [0.5, 0.6) is 5.75 Å². The molecule has 174 valence electrons. The molecule has 34 heavy (non-hydrogen) atoms. The fourth-order valence-electron chi connectivity index (χ4n) is 4.26. The lowest BCUT2D eigenvalue weighted by molar-refractivity contribution is -0.137. The summed E-state index contributed by atoms with van der Waals surface area (Å²) < 4.78 is 7.94. The van der Waals surface area contributed by atoms with Gasteiger partial charge in [-0.3, -0.25) is 4.79 Å². The lowest BCUT2D eigenvalue weighted by atomic mass is 9.94. The van der Waals surface area contributed by atoms with Crippen molar-refractivity contribution in [3.05, 3.63) is 106 Å². The molecule has 0 aliphatic carbocycles. The Kier molecular flexibility index (Phi) is 7.03. The molecule has 0 unspecified atom stereocenters. The molecule has 0 radical (unpaired) electrons. The zero-order chi connectivity index (χ0) is 24.2. The van der Waals surface area contributed by atoms with Crippen LogP contribution < -0.4 is 4.74 Å². The minimum atomic E-state index is -0.861. The van der Waals surface area contributed by atoms with Crippen molar-refractivity contribution >= 4 is 17.6 Å². The van der Waals surface area contributed by atoms with Gasteiger partial charge in [0.2, 0.25) is 0 Å². The van der Waals surface area contributed by atoms with Crippen molar-refractivity contribution in [3.8, 4) is 16.9 Å². The van der Waals surface area contributed by atoms with E-state index in [1.165, 1.54) is 5.56 Å². The van der Waals surface area contributed by atoms with Crippen LogP contribution in [-0.4, -0.2) is 20.6 Å². The van der Waals surface area contributed by atoms with Gasteiger partial charge in [-0.1, -0.05) is 48.0 Å². The highest BCUT2D eigenvalue weighted by Crippen LogP contribution is 2.31. The quantitative estimate of drug-likeness (QED) is 0.315. The highest BCUT2D eigenvalue weighted by molar-refractivity contribution is 6.30. The van der Waals surface area contributed by atoms with Crippen molar-refractivity contribution in [2.45, 2.75) is 32.8 Å². The molecule has 0 amide bonds. The van der Waals surface area contributed by atoms with Crippen molar-refractivity contribution in [2.24, 2.45) is 7.05 Å². The lowest BCUT2D eigenvalue weighted by Crippen LogP contribution is -2.12. The second kappa shape index (κ2) is 10.1. The van der Waals surface area contributed by atoms with Crippen molar-refractivity contribution in [1.29, 1.82) is 0 Å². The van der Waals surface area contributed by atoms with Gasteiger partial charge in [-0.25, -0.2) is 4.98 Å². The Hall–Kier alpha value is -3.57. The number of carboxylic acids is 1. The van der Waals surface area contributed by atoms with Gasteiger partial charge in [0, 0.05) is 24.5 Å². The molecule has 5 nitrogen and oxygen atoms in total. The number of imidazole rings is 1. The van der Waals surface area contributed by atoms with Crippen LogP contribution in [-0.2, 0) is 18.4 Å². The van der Waals surface area contributed by atoms with Gasteiger partial charge >= 0.3 is 5.97 Å². The van der Waals surface area contributed by atoms with Crippen LogP contribution in [0.1, 0.15) is 40.4 Å². The zero-order valence-corrected chi connectivity index (χ0v) is 20.2. The molecule has 6 heteroatoms. The summed E-state index contributed by atoms with van der Waals surface area (Å²) in [6.45, 7) is 4.60. The third-order valence-electron chi connectivity index (χ3n) is 6.15. The molecule has 4 aromatic rings. The van der Waals surface area contributed by atoms with E-state index in [1.807, 2.05) is 60.3 Å². The number of rotatable bonds is 8. The molecule has 0 aliphatic rings. The summed E-state index contributed by atoms with van der Waals surface area (Å²) in [6, 6.07) is 19.8. The Morgan fingerprint density at radius 2 is 1.85 bits per heavy atom. The molecule has 4 rings (SSSR count). The fourth-order valence-corrected chi connectivity index (χ4v) is 4.49. The molecule has 0 saturated heterocycles. The number of aromatic nitrogens is 2. The van der Waals surface area contributed by atoms with E-state index in [9.17, 15) is 9.90 Å². The maximum Gasteiger partial charge on any atom is 0.304 e. The van der Waals surface area contributed by atoms with E-state index in [4.69, 9.17) is 16.3 Å². The van der Waals surface area contributed by atoms with Gasteiger partial charge in [0.05, 0.1) is 12.3 Å². The van der Waals surface area contributed by atoms with Crippen molar-refractivity contribution in [1.82, 2.24) is 9.55 Å². The van der Waals surface area contributed by atoms with Crippen LogP contribution in [0.2, 0.25) is 5.02 Å². The van der Waals surface area contributed by atoms with Gasteiger partial charge in [0.15, 0.2) is 0 Å². The number of carboxylic acid groups (broad SMARTS) is 1. The van der Waals surface area contributed by atoms with Crippen LogP contribution in [0, 0.1) is 13.8 Å². The number of aliphatic carboxylic acids is 1. The topological polar surface area (TPSA) is 64.3 Å². The average Bonchev–Trinajstić information content (AvgIpc) is 3.23. The third-order valence-corrected chi connectivity index (χ3v) is 6.39. The Morgan fingerprint density at radius 3 is 2.50 bits per heavy atom.